The lowest BCUT2D eigenvalue weighted by atomic mass is 9.85. The Labute approximate surface area is 86.2 Å². The second-order valence-electron chi connectivity index (χ2n) is 3.82. The van der Waals surface area contributed by atoms with Crippen LogP contribution in [0.2, 0.25) is 0 Å². The zero-order valence-electron chi connectivity index (χ0n) is 8.19. The largest absolute Gasteiger partial charge is 0.481 e. The van der Waals surface area contributed by atoms with E-state index in [1.807, 2.05) is 0 Å². The molecule has 1 aromatic heterocycles. The Kier molecular flexibility index (Phi) is 2.53. The van der Waals surface area contributed by atoms with Crippen LogP contribution in [-0.4, -0.2) is 21.0 Å². The van der Waals surface area contributed by atoms with Gasteiger partial charge < -0.3 is 10.1 Å². The van der Waals surface area contributed by atoms with Gasteiger partial charge in [-0.15, -0.1) is 0 Å². The van der Waals surface area contributed by atoms with Gasteiger partial charge >= 0.3 is 5.97 Å². The summed E-state index contributed by atoms with van der Waals surface area (Å²) in [5.41, 5.74) is -0.111. The first-order valence-electron chi connectivity index (χ1n) is 4.96. The average Bonchev–Trinajstić information content (AvgIpc) is 2.06. The van der Waals surface area contributed by atoms with E-state index in [1.54, 1.807) is 0 Å². The fraction of sp³-hybridized carbons (Fsp3) is 0.500. The molecule has 1 aromatic rings. The lowest BCUT2D eigenvalue weighted by Crippen LogP contribution is -2.22. The van der Waals surface area contributed by atoms with E-state index in [1.165, 1.54) is 12.6 Å². The molecule has 0 amide bonds. The third-order valence-electron chi connectivity index (χ3n) is 2.73. The molecule has 2 N–H and O–H groups in total. The SMILES string of the molecule is O=C(O)Cc1cnc(C2CCC2)[nH]c1=O. The maximum Gasteiger partial charge on any atom is 0.308 e. The monoisotopic (exact) mass is 208 g/mol. The van der Waals surface area contributed by atoms with Crippen LogP contribution in [0.1, 0.15) is 36.6 Å². The van der Waals surface area contributed by atoms with Crippen molar-refractivity contribution in [2.24, 2.45) is 0 Å². The van der Waals surface area contributed by atoms with Gasteiger partial charge in [0.15, 0.2) is 0 Å². The van der Waals surface area contributed by atoms with Crippen molar-refractivity contribution in [3.63, 3.8) is 0 Å². The summed E-state index contributed by atoms with van der Waals surface area (Å²) in [7, 11) is 0. The molecule has 5 heteroatoms. The van der Waals surface area contributed by atoms with Crippen LogP contribution in [0, 0.1) is 0 Å². The molecule has 2 rings (SSSR count). The molecule has 0 radical (unpaired) electrons. The number of nitrogens with zero attached hydrogens (tertiary/aromatic N) is 1. The van der Waals surface area contributed by atoms with Crippen LogP contribution in [-0.2, 0) is 11.2 Å². The lowest BCUT2D eigenvalue weighted by Gasteiger charge is -2.23. The van der Waals surface area contributed by atoms with E-state index >= 15 is 0 Å². The number of carboxylic acid groups (broad SMARTS) is 1. The molecule has 1 heterocycles. The second-order valence-corrected chi connectivity index (χ2v) is 3.82. The third kappa shape index (κ3) is 2.06. The van der Waals surface area contributed by atoms with Crippen LogP contribution >= 0.6 is 0 Å². The number of nitrogens with one attached hydrogen (secondary N) is 1. The molecule has 0 unspecified atom stereocenters. The van der Waals surface area contributed by atoms with E-state index < -0.39 is 5.97 Å². The standard InChI is InChI=1S/C10H12N2O3/c13-8(14)4-7-5-11-9(12-10(7)15)6-2-1-3-6/h5-6H,1-4H2,(H,13,14)(H,11,12,15). The van der Waals surface area contributed by atoms with Crippen molar-refractivity contribution in [2.45, 2.75) is 31.6 Å². The van der Waals surface area contributed by atoms with Gasteiger partial charge in [-0.05, 0) is 12.8 Å². The van der Waals surface area contributed by atoms with Crippen molar-refractivity contribution in [3.8, 4) is 0 Å². The van der Waals surface area contributed by atoms with Gasteiger partial charge in [0.25, 0.3) is 5.56 Å². The zero-order valence-corrected chi connectivity index (χ0v) is 8.19. The molecule has 15 heavy (non-hydrogen) atoms. The highest BCUT2D eigenvalue weighted by molar-refractivity contribution is 5.69. The van der Waals surface area contributed by atoms with E-state index in [0.717, 1.165) is 12.8 Å². The predicted octanol–water partition coefficient (Wildman–Crippen LogP) is 0.665. The second kappa shape index (κ2) is 3.84. The smallest absolute Gasteiger partial charge is 0.308 e. The molecule has 1 saturated carbocycles. The number of hydrogen-bond donors (Lipinski definition) is 2. The maximum absolute atomic E-state index is 11.5. The zero-order chi connectivity index (χ0) is 10.8. The van der Waals surface area contributed by atoms with Crippen molar-refractivity contribution in [2.75, 3.05) is 0 Å². The highest BCUT2D eigenvalue weighted by atomic mass is 16.4. The topological polar surface area (TPSA) is 83.0 Å². The lowest BCUT2D eigenvalue weighted by molar-refractivity contribution is -0.136. The van der Waals surface area contributed by atoms with Crippen LogP contribution in [0.5, 0.6) is 0 Å². The van der Waals surface area contributed by atoms with Crippen molar-refractivity contribution in [3.05, 3.63) is 27.9 Å². The molecule has 0 aromatic carbocycles. The molecule has 0 atom stereocenters. The molecular formula is C10H12N2O3. The Morgan fingerprint density at radius 3 is 2.80 bits per heavy atom. The number of carbonyl (C=O) groups is 1. The van der Waals surface area contributed by atoms with Gasteiger partial charge in [0.1, 0.15) is 5.82 Å². The number of H-pyrrole nitrogens is 1. The van der Waals surface area contributed by atoms with Gasteiger partial charge in [-0.25, -0.2) is 4.98 Å². The number of carboxylic acids is 1. The summed E-state index contributed by atoms with van der Waals surface area (Å²) >= 11 is 0. The van der Waals surface area contributed by atoms with Crippen LogP contribution in [0.3, 0.4) is 0 Å². The number of hydrogen-bond acceptors (Lipinski definition) is 3. The van der Waals surface area contributed by atoms with E-state index in [4.69, 9.17) is 5.11 Å². The van der Waals surface area contributed by atoms with Crippen molar-refractivity contribution in [1.29, 1.82) is 0 Å². The van der Waals surface area contributed by atoms with Gasteiger partial charge in [-0.1, -0.05) is 6.42 Å². The summed E-state index contributed by atoms with van der Waals surface area (Å²) in [6.07, 6.45) is 4.39. The summed E-state index contributed by atoms with van der Waals surface area (Å²) < 4.78 is 0. The molecule has 0 spiro atoms. The van der Waals surface area contributed by atoms with E-state index in [-0.39, 0.29) is 17.5 Å². The Balaban J connectivity index is 2.22. The maximum atomic E-state index is 11.5. The van der Waals surface area contributed by atoms with Gasteiger partial charge in [-0.2, -0.15) is 0 Å². The van der Waals surface area contributed by atoms with Gasteiger partial charge in [0.05, 0.1) is 6.42 Å². The molecule has 1 aliphatic rings. The summed E-state index contributed by atoms with van der Waals surface area (Å²) in [4.78, 5) is 28.6. The number of aromatic amines is 1. The van der Waals surface area contributed by atoms with Crippen LogP contribution < -0.4 is 5.56 Å². The summed E-state index contributed by atoms with van der Waals surface area (Å²) in [5, 5.41) is 8.55. The van der Waals surface area contributed by atoms with Gasteiger partial charge in [-0.3, -0.25) is 9.59 Å². The Bertz CT molecular complexity index is 435. The molecule has 5 nitrogen and oxygen atoms in total. The first-order chi connectivity index (χ1) is 7.16. The molecule has 80 valence electrons. The minimum absolute atomic E-state index is 0.213. The Morgan fingerprint density at radius 2 is 2.33 bits per heavy atom. The third-order valence-corrected chi connectivity index (χ3v) is 2.73. The van der Waals surface area contributed by atoms with Crippen LogP contribution in [0.4, 0.5) is 0 Å². The summed E-state index contributed by atoms with van der Waals surface area (Å²) in [6.45, 7) is 0. The average molecular weight is 208 g/mol. The van der Waals surface area contributed by atoms with Crippen LogP contribution in [0.25, 0.3) is 0 Å². The number of rotatable bonds is 3. The normalized spacial score (nSPS) is 16.0. The van der Waals surface area contributed by atoms with Crippen molar-refractivity contribution < 1.29 is 9.90 Å². The van der Waals surface area contributed by atoms with E-state index in [0.29, 0.717) is 11.7 Å². The fourth-order valence-corrected chi connectivity index (χ4v) is 1.61. The summed E-state index contributed by atoms with van der Waals surface area (Å²) in [6, 6.07) is 0. The first-order valence-corrected chi connectivity index (χ1v) is 4.96. The molecule has 0 bridgehead atoms. The summed E-state index contributed by atoms with van der Waals surface area (Å²) in [5.74, 6) is 0.0376. The van der Waals surface area contributed by atoms with Crippen molar-refractivity contribution >= 4 is 5.97 Å². The molecular weight excluding hydrogens is 196 g/mol. The van der Waals surface area contributed by atoms with E-state index in [9.17, 15) is 9.59 Å². The minimum atomic E-state index is -1.02. The predicted molar refractivity (Wildman–Crippen MR) is 52.8 cm³/mol. The highest BCUT2D eigenvalue weighted by Crippen LogP contribution is 2.33. The molecule has 0 saturated heterocycles. The number of aromatic nitrogens is 2. The van der Waals surface area contributed by atoms with E-state index in [2.05, 4.69) is 9.97 Å². The first kappa shape index (κ1) is 9.89. The van der Waals surface area contributed by atoms with Gasteiger partial charge in [0, 0.05) is 17.7 Å². The highest BCUT2D eigenvalue weighted by Gasteiger charge is 2.22. The number of aliphatic carboxylic acids is 1. The molecule has 0 aliphatic heterocycles. The molecule has 1 aliphatic carbocycles. The van der Waals surface area contributed by atoms with Crippen molar-refractivity contribution in [1.82, 2.24) is 9.97 Å². The Morgan fingerprint density at radius 1 is 1.60 bits per heavy atom. The molecule has 1 fully saturated rings. The Hall–Kier alpha value is -1.65. The van der Waals surface area contributed by atoms with Gasteiger partial charge in [0.2, 0.25) is 0 Å². The van der Waals surface area contributed by atoms with Crippen LogP contribution in [0.15, 0.2) is 11.0 Å². The quantitative estimate of drug-likeness (QED) is 0.764. The fourth-order valence-electron chi connectivity index (χ4n) is 1.61. The minimum Gasteiger partial charge on any atom is -0.481 e.